The maximum atomic E-state index is 13.4. The summed E-state index contributed by atoms with van der Waals surface area (Å²) < 4.78 is 37.1. The van der Waals surface area contributed by atoms with Crippen molar-refractivity contribution in [2.24, 2.45) is 5.73 Å². The minimum Gasteiger partial charge on any atom is -0.497 e. The van der Waals surface area contributed by atoms with E-state index in [1.807, 2.05) is 0 Å². The number of aromatic carboxylic acids is 1. The van der Waals surface area contributed by atoms with E-state index in [-0.39, 0.29) is 28.3 Å². The van der Waals surface area contributed by atoms with Gasteiger partial charge in [0, 0.05) is 22.2 Å². The highest BCUT2D eigenvalue weighted by Gasteiger charge is 2.25. The number of carbonyl (C=O) groups is 2. The Morgan fingerprint density at radius 2 is 1.68 bits per heavy atom. The molecule has 0 unspecified atom stereocenters. The molecule has 0 saturated heterocycles. The molecule has 0 aliphatic carbocycles. The van der Waals surface area contributed by atoms with Gasteiger partial charge in [-0.2, -0.15) is 8.42 Å². The Bertz CT molecular complexity index is 1580. The average molecular weight is 526 g/mol. The van der Waals surface area contributed by atoms with Crippen molar-refractivity contribution in [1.29, 1.82) is 5.41 Å². The summed E-state index contributed by atoms with van der Waals surface area (Å²) in [5.41, 5.74) is 7.38. The van der Waals surface area contributed by atoms with E-state index in [0.717, 1.165) is 0 Å². The molecule has 0 radical (unpaired) electrons. The van der Waals surface area contributed by atoms with E-state index in [0.29, 0.717) is 34.2 Å². The van der Waals surface area contributed by atoms with Crippen LogP contribution in [0.15, 0.2) is 71.1 Å². The minimum atomic E-state index is -3.67. The number of carboxylic acids is 1. The Labute approximate surface area is 211 Å². The fourth-order valence-electron chi connectivity index (χ4n) is 3.41. The van der Waals surface area contributed by atoms with Gasteiger partial charge in [-0.05, 0) is 48.5 Å². The third kappa shape index (κ3) is 6.72. The molecule has 4 aromatic rings. The molecule has 0 fully saturated rings. The van der Waals surface area contributed by atoms with Crippen molar-refractivity contribution in [2.45, 2.75) is 0 Å². The highest BCUT2D eigenvalue weighted by atomic mass is 32.2. The summed E-state index contributed by atoms with van der Waals surface area (Å²) in [6.45, 7) is 0. The summed E-state index contributed by atoms with van der Waals surface area (Å²) in [6, 6.07) is 17.9. The summed E-state index contributed by atoms with van der Waals surface area (Å²) in [7, 11) is -2.15. The van der Waals surface area contributed by atoms with Gasteiger partial charge in [0.25, 0.3) is 16.0 Å². The van der Waals surface area contributed by atoms with Crippen molar-refractivity contribution < 1.29 is 36.8 Å². The molecule has 1 aromatic heterocycles. The van der Waals surface area contributed by atoms with Crippen LogP contribution in [0.5, 0.6) is 5.75 Å². The van der Waals surface area contributed by atoms with Crippen LogP contribution >= 0.6 is 0 Å². The second kappa shape index (κ2) is 10.9. The largest absolute Gasteiger partial charge is 0.497 e. The zero-order valence-electron chi connectivity index (χ0n) is 19.7. The Balaban J connectivity index is 0.000000695. The molecule has 6 N–H and O–H groups in total. The molecule has 4 rings (SSSR count). The van der Waals surface area contributed by atoms with E-state index < -0.39 is 22.0 Å². The molecule has 0 spiro atoms. The lowest BCUT2D eigenvalue weighted by molar-refractivity contribution is 0.0697. The molecule has 0 atom stereocenters. The van der Waals surface area contributed by atoms with Gasteiger partial charge in [0.2, 0.25) is 0 Å². The zero-order chi connectivity index (χ0) is 27.3. The third-order valence-electron chi connectivity index (χ3n) is 4.98. The number of rotatable bonds is 6. The Morgan fingerprint density at radius 3 is 2.24 bits per heavy atom. The van der Waals surface area contributed by atoms with Gasteiger partial charge in [0.1, 0.15) is 22.9 Å². The topological polar surface area (TPSA) is 193 Å². The van der Waals surface area contributed by atoms with Crippen molar-refractivity contribution in [2.75, 3.05) is 18.7 Å². The first-order chi connectivity index (χ1) is 17.4. The summed E-state index contributed by atoms with van der Waals surface area (Å²) >= 11 is 0. The number of fused-ring (bicyclic) bond motifs is 1. The lowest BCUT2D eigenvalue weighted by Crippen LogP contribution is -2.14. The smallest absolute Gasteiger partial charge is 0.336 e. The average Bonchev–Trinajstić information content (AvgIpc) is 3.22. The third-order valence-corrected chi connectivity index (χ3v) is 4.98. The standard InChI is InChI=1S/C24H19N3O5.CH4O3S/c1-31-15-10-11-19-18(12-15)20(21(32-19)16-4-2-3-5-17(16)24(29)30)23(28)27-14-8-6-13(7-9-14)22(25)26;1-5(2,3)4/h2-12H,1H3,(H3,25,26)(H,27,28)(H,29,30);1H3,(H,2,3,4). The number of carboxylic acid groups (broad SMARTS) is 1. The molecule has 12 heteroatoms. The maximum absolute atomic E-state index is 13.4. The van der Waals surface area contributed by atoms with Crippen LogP contribution in [-0.2, 0) is 10.1 Å². The van der Waals surface area contributed by atoms with Crippen LogP contribution in [0, 0.1) is 5.41 Å². The molecule has 0 aliphatic rings. The molecular formula is C25H23N3O8S. The monoisotopic (exact) mass is 525 g/mol. The number of methoxy groups -OCH3 is 1. The molecule has 11 nitrogen and oxygen atoms in total. The first-order valence-corrected chi connectivity index (χ1v) is 12.4. The van der Waals surface area contributed by atoms with Crippen LogP contribution in [0.2, 0.25) is 0 Å². The van der Waals surface area contributed by atoms with Crippen molar-refractivity contribution in [3.8, 4) is 17.1 Å². The van der Waals surface area contributed by atoms with Crippen LogP contribution < -0.4 is 15.8 Å². The van der Waals surface area contributed by atoms with Crippen LogP contribution in [-0.4, -0.2) is 49.2 Å². The number of furan rings is 1. The summed E-state index contributed by atoms with van der Waals surface area (Å²) in [5.74, 6) is -1.03. The number of hydrogen-bond acceptors (Lipinski definition) is 7. The zero-order valence-corrected chi connectivity index (χ0v) is 20.5. The van der Waals surface area contributed by atoms with Gasteiger partial charge >= 0.3 is 5.97 Å². The number of nitrogen functional groups attached to an aromatic ring is 1. The molecular weight excluding hydrogens is 502 g/mol. The van der Waals surface area contributed by atoms with Gasteiger partial charge in [-0.25, -0.2) is 4.79 Å². The highest BCUT2D eigenvalue weighted by Crippen LogP contribution is 2.37. The van der Waals surface area contributed by atoms with E-state index in [9.17, 15) is 23.1 Å². The summed E-state index contributed by atoms with van der Waals surface area (Å²) in [6.07, 6.45) is 0.715. The van der Waals surface area contributed by atoms with Crippen molar-refractivity contribution in [1.82, 2.24) is 0 Å². The maximum Gasteiger partial charge on any atom is 0.336 e. The van der Waals surface area contributed by atoms with Gasteiger partial charge in [-0.15, -0.1) is 0 Å². The van der Waals surface area contributed by atoms with E-state index >= 15 is 0 Å². The van der Waals surface area contributed by atoms with Crippen molar-refractivity contribution >= 4 is 44.5 Å². The fraction of sp³-hybridized carbons (Fsp3) is 0.0800. The molecule has 1 amide bonds. The fourth-order valence-corrected chi connectivity index (χ4v) is 3.41. The number of benzene rings is 3. The number of anilines is 1. The number of carbonyl (C=O) groups excluding carboxylic acids is 1. The second-order valence-corrected chi connectivity index (χ2v) is 9.16. The van der Waals surface area contributed by atoms with Crippen LogP contribution in [0.4, 0.5) is 5.69 Å². The Kier molecular flexibility index (Phi) is 7.95. The van der Waals surface area contributed by atoms with Crippen molar-refractivity contribution in [3.63, 3.8) is 0 Å². The van der Waals surface area contributed by atoms with Crippen LogP contribution in [0.1, 0.15) is 26.3 Å². The quantitative estimate of drug-likeness (QED) is 0.141. The predicted octanol–water partition coefficient (Wildman–Crippen LogP) is 3.85. The summed E-state index contributed by atoms with van der Waals surface area (Å²) in [5, 5.41) is 20.4. The molecule has 0 aliphatic heterocycles. The Hall–Kier alpha value is -4.68. The van der Waals surface area contributed by atoms with Crippen LogP contribution in [0.25, 0.3) is 22.3 Å². The number of amidine groups is 1. The lowest BCUT2D eigenvalue weighted by Gasteiger charge is -2.09. The molecule has 1 heterocycles. The number of ether oxygens (including phenoxy) is 1. The number of amides is 1. The first-order valence-electron chi connectivity index (χ1n) is 10.5. The van der Waals surface area contributed by atoms with Gasteiger partial charge in [0.15, 0.2) is 0 Å². The van der Waals surface area contributed by atoms with Crippen LogP contribution in [0.3, 0.4) is 0 Å². The van der Waals surface area contributed by atoms with E-state index in [2.05, 4.69) is 5.32 Å². The second-order valence-electron chi connectivity index (χ2n) is 7.70. The van der Waals surface area contributed by atoms with E-state index in [1.54, 1.807) is 60.7 Å². The number of nitrogens with one attached hydrogen (secondary N) is 2. The highest BCUT2D eigenvalue weighted by molar-refractivity contribution is 7.85. The lowest BCUT2D eigenvalue weighted by atomic mass is 10.00. The molecule has 3 aromatic carbocycles. The molecule has 37 heavy (non-hydrogen) atoms. The Morgan fingerprint density at radius 1 is 1.05 bits per heavy atom. The van der Waals surface area contributed by atoms with Gasteiger partial charge in [-0.1, -0.05) is 18.2 Å². The first kappa shape index (κ1) is 26.9. The number of nitrogens with two attached hydrogens (primary N) is 1. The number of hydrogen-bond donors (Lipinski definition) is 5. The van der Waals surface area contributed by atoms with Crippen molar-refractivity contribution in [3.05, 3.63) is 83.4 Å². The van der Waals surface area contributed by atoms with E-state index in [4.69, 9.17) is 24.8 Å². The van der Waals surface area contributed by atoms with Gasteiger partial charge in [0.05, 0.1) is 24.5 Å². The molecule has 192 valence electrons. The SMILES string of the molecule is COc1ccc2oc(-c3ccccc3C(=O)O)c(C(=O)Nc3ccc(C(=N)N)cc3)c2c1.CS(=O)(=O)O. The predicted molar refractivity (Wildman–Crippen MR) is 138 cm³/mol. The molecule has 0 bridgehead atoms. The molecule has 0 saturated carbocycles. The summed E-state index contributed by atoms with van der Waals surface area (Å²) in [4.78, 5) is 25.1. The van der Waals surface area contributed by atoms with Gasteiger partial charge in [-0.3, -0.25) is 14.8 Å². The minimum absolute atomic E-state index is 0.0124. The van der Waals surface area contributed by atoms with E-state index in [1.165, 1.54) is 13.2 Å². The van der Waals surface area contributed by atoms with Gasteiger partial charge < -0.3 is 25.3 Å². The normalized spacial score (nSPS) is 10.8.